The van der Waals surface area contributed by atoms with Crippen molar-refractivity contribution >= 4 is 89.9 Å². The first-order valence-electron chi connectivity index (χ1n) is 25.4. The number of benzene rings is 12. The molecule has 13 aromatic rings. The average molecular weight is 942 g/mol. The van der Waals surface area contributed by atoms with Gasteiger partial charge in [0.1, 0.15) is 5.52 Å². The molecular weight excluding hydrogens is 898 g/mol. The lowest BCUT2D eigenvalue weighted by atomic mass is 9.33. The molecule has 0 amide bonds. The number of hydrogen-bond acceptors (Lipinski definition) is 4. The third-order valence-corrected chi connectivity index (χ3v) is 15.2. The molecular formula is C69H44BN3O. The van der Waals surface area contributed by atoms with Crippen molar-refractivity contribution in [2.24, 2.45) is 0 Å². The first-order chi connectivity index (χ1) is 36.7. The third-order valence-electron chi connectivity index (χ3n) is 15.2. The summed E-state index contributed by atoms with van der Waals surface area (Å²) in [5.41, 5.74) is 21.9. The molecule has 0 bridgehead atoms. The highest BCUT2D eigenvalue weighted by Crippen LogP contribution is 2.51. The van der Waals surface area contributed by atoms with Gasteiger partial charge in [0, 0.05) is 50.5 Å². The van der Waals surface area contributed by atoms with Crippen LogP contribution in [0.4, 0.5) is 34.1 Å². The van der Waals surface area contributed by atoms with Gasteiger partial charge in [-0.05, 0) is 132 Å². The Morgan fingerprint density at radius 3 is 1.15 bits per heavy atom. The highest BCUT2D eigenvalue weighted by atomic mass is 16.3. The summed E-state index contributed by atoms with van der Waals surface area (Å²) < 4.78 is 6.81. The molecule has 74 heavy (non-hydrogen) atoms. The number of rotatable bonds is 7. The molecule has 0 atom stereocenters. The number of anilines is 6. The summed E-state index contributed by atoms with van der Waals surface area (Å²) in [6.45, 7) is -0.138. The van der Waals surface area contributed by atoms with Gasteiger partial charge in [0.25, 0.3) is 6.71 Å². The number of fused-ring (bicyclic) bond motifs is 9. The molecule has 5 heteroatoms. The largest absolute Gasteiger partial charge is 0.436 e. The summed E-state index contributed by atoms with van der Waals surface area (Å²) in [5, 5.41) is 4.73. The lowest BCUT2D eigenvalue weighted by Crippen LogP contribution is -2.61. The van der Waals surface area contributed by atoms with Crippen LogP contribution in [0.2, 0.25) is 0 Å². The maximum Gasteiger partial charge on any atom is 0.252 e. The number of oxazole rings is 1. The van der Waals surface area contributed by atoms with E-state index in [1.807, 2.05) is 24.3 Å². The maximum atomic E-state index is 6.81. The van der Waals surface area contributed by atoms with Crippen LogP contribution < -0.4 is 26.2 Å². The zero-order valence-corrected chi connectivity index (χ0v) is 40.2. The van der Waals surface area contributed by atoms with Crippen LogP contribution in [0.15, 0.2) is 271 Å². The molecule has 3 heterocycles. The Morgan fingerprint density at radius 1 is 0.324 bits per heavy atom. The smallest absolute Gasteiger partial charge is 0.252 e. The van der Waals surface area contributed by atoms with Crippen LogP contribution in [0, 0.1) is 0 Å². The van der Waals surface area contributed by atoms with E-state index in [0.29, 0.717) is 5.89 Å². The van der Waals surface area contributed by atoms with E-state index in [-0.39, 0.29) is 6.71 Å². The minimum absolute atomic E-state index is 0.138. The van der Waals surface area contributed by atoms with Crippen molar-refractivity contribution in [1.82, 2.24) is 4.98 Å². The molecule has 0 fully saturated rings. The summed E-state index contributed by atoms with van der Waals surface area (Å²) in [5.74, 6) is 0.570. The molecule has 344 valence electrons. The van der Waals surface area contributed by atoms with E-state index in [0.717, 1.165) is 95.3 Å². The predicted octanol–water partition coefficient (Wildman–Crippen LogP) is 16.6. The van der Waals surface area contributed by atoms with Gasteiger partial charge in [0.05, 0.1) is 0 Å². The fourth-order valence-corrected chi connectivity index (χ4v) is 11.8. The van der Waals surface area contributed by atoms with Crippen LogP contribution in [0.25, 0.3) is 88.6 Å². The quantitative estimate of drug-likeness (QED) is 0.149. The second-order valence-electron chi connectivity index (χ2n) is 19.5. The van der Waals surface area contributed by atoms with E-state index in [2.05, 4.69) is 252 Å². The van der Waals surface area contributed by atoms with E-state index < -0.39 is 0 Å². The van der Waals surface area contributed by atoms with E-state index >= 15 is 0 Å². The average Bonchev–Trinajstić information content (AvgIpc) is 3.98. The second-order valence-corrected chi connectivity index (χ2v) is 19.5. The summed E-state index contributed by atoms with van der Waals surface area (Å²) >= 11 is 0. The van der Waals surface area contributed by atoms with Crippen LogP contribution in [-0.4, -0.2) is 11.7 Å². The maximum absolute atomic E-state index is 6.81. The van der Waals surface area contributed by atoms with Gasteiger partial charge in [0.2, 0.25) is 5.89 Å². The van der Waals surface area contributed by atoms with Crippen LogP contribution in [0.1, 0.15) is 0 Å². The van der Waals surface area contributed by atoms with Gasteiger partial charge in [-0.1, -0.05) is 206 Å². The molecule has 0 N–H and O–H groups in total. The normalized spacial score (nSPS) is 12.5. The van der Waals surface area contributed by atoms with Crippen LogP contribution >= 0.6 is 0 Å². The minimum Gasteiger partial charge on any atom is -0.436 e. The van der Waals surface area contributed by atoms with Crippen molar-refractivity contribution in [3.8, 4) is 56.0 Å². The Hall–Kier alpha value is -9.71. The van der Waals surface area contributed by atoms with Gasteiger partial charge in [-0.15, -0.1) is 0 Å². The number of hydrogen-bond donors (Lipinski definition) is 0. The van der Waals surface area contributed by atoms with Gasteiger partial charge < -0.3 is 14.2 Å². The van der Waals surface area contributed by atoms with Gasteiger partial charge in [-0.3, -0.25) is 0 Å². The molecule has 0 saturated carbocycles. The zero-order valence-electron chi connectivity index (χ0n) is 40.2. The van der Waals surface area contributed by atoms with Crippen LogP contribution in [0.5, 0.6) is 0 Å². The summed E-state index contributed by atoms with van der Waals surface area (Å²) in [4.78, 5) is 10.3. The Bertz CT molecular complexity index is 3940. The van der Waals surface area contributed by atoms with Crippen LogP contribution in [0.3, 0.4) is 0 Å². The van der Waals surface area contributed by atoms with Gasteiger partial charge in [-0.2, -0.15) is 0 Å². The minimum atomic E-state index is -0.138. The molecule has 1 aromatic heterocycles. The lowest BCUT2D eigenvalue weighted by molar-refractivity contribution is 0.620. The number of para-hydroxylation sites is 2. The number of nitrogens with zero attached hydrogens (tertiary/aromatic N) is 3. The van der Waals surface area contributed by atoms with Crippen molar-refractivity contribution in [1.29, 1.82) is 0 Å². The predicted molar refractivity (Wildman–Crippen MR) is 310 cm³/mol. The first-order valence-corrected chi connectivity index (χ1v) is 25.4. The Morgan fingerprint density at radius 2 is 0.716 bits per heavy atom. The van der Waals surface area contributed by atoms with Crippen molar-refractivity contribution in [3.05, 3.63) is 267 Å². The van der Waals surface area contributed by atoms with Gasteiger partial charge >= 0.3 is 0 Å². The lowest BCUT2D eigenvalue weighted by Gasteiger charge is -2.45. The number of aromatic nitrogens is 1. The van der Waals surface area contributed by atoms with Crippen molar-refractivity contribution in [2.75, 3.05) is 9.80 Å². The fourth-order valence-electron chi connectivity index (χ4n) is 11.8. The fraction of sp³-hybridized carbons (Fsp3) is 0. The summed E-state index contributed by atoms with van der Waals surface area (Å²) in [6, 6.07) is 97.2. The SMILES string of the molecule is c1ccc(-c2cc(-c3ccccc3)cc(N3c4cc(-c5nc6ccccc6o5)cc5c4B(c4ccc6ccccc6c43)c3ccc4ccccc4c3N5c3cc(-c4ccccc4)cc(-c4ccccc4)c3)c2)cc1. The molecule has 2 aliphatic heterocycles. The highest BCUT2D eigenvalue weighted by molar-refractivity contribution is 7.00. The van der Waals surface area contributed by atoms with Gasteiger partial charge in [0.15, 0.2) is 5.58 Å². The Balaban J connectivity index is 1.10. The first kappa shape index (κ1) is 42.0. The van der Waals surface area contributed by atoms with E-state index in [1.165, 1.54) is 37.9 Å². The zero-order chi connectivity index (χ0) is 48.7. The molecule has 2 aliphatic rings. The molecule has 0 radical (unpaired) electrons. The molecule has 0 unspecified atom stereocenters. The summed E-state index contributed by atoms with van der Waals surface area (Å²) in [6.07, 6.45) is 0. The Labute approximate surface area is 429 Å². The van der Waals surface area contributed by atoms with Crippen LogP contribution in [-0.2, 0) is 0 Å². The van der Waals surface area contributed by atoms with Crippen molar-refractivity contribution < 1.29 is 4.42 Å². The van der Waals surface area contributed by atoms with E-state index in [1.54, 1.807) is 0 Å². The molecule has 0 aliphatic carbocycles. The third kappa shape index (κ3) is 6.82. The monoisotopic (exact) mass is 941 g/mol. The Kier molecular flexibility index (Phi) is 9.64. The van der Waals surface area contributed by atoms with Crippen molar-refractivity contribution in [3.63, 3.8) is 0 Å². The summed E-state index contributed by atoms with van der Waals surface area (Å²) in [7, 11) is 0. The second kappa shape index (κ2) is 17.0. The topological polar surface area (TPSA) is 32.5 Å². The highest BCUT2D eigenvalue weighted by Gasteiger charge is 2.45. The van der Waals surface area contributed by atoms with Gasteiger partial charge in [-0.25, -0.2) is 4.98 Å². The molecule has 0 saturated heterocycles. The van der Waals surface area contributed by atoms with E-state index in [9.17, 15) is 0 Å². The van der Waals surface area contributed by atoms with E-state index in [4.69, 9.17) is 9.40 Å². The van der Waals surface area contributed by atoms with Crippen molar-refractivity contribution in [2.45, 2.75) is 0 Å². The molecule has 15 rings (SSSR count). The molecule has 12 aromatic carbocycles. The standard InChI is InChI=1S/C69H44BN3O/c1-5-19-45(20-6-1)51-37-52(46-21-7-2-8-22-46)40-56(39-51)72-63-43-55(69-71-62-31-17-18-32-65(62)74-69)44-64-66(63)70(60-35-33-49-27-13-15-29-58(49)67(60)72)61-36-34-50-28-14-16-30-59(50)68(61)73(64)57-41-53(47-23-9-3-10-24-47)38-54(42-57)48-25-11-4-12-26-48/h1-44H. The molecule has 0 spiro atoms. The molecule has 4 nitrogen and oxygen atoms in total.